The fourth-order valence-corrected chi connectivity index (χ4v) is 2.15. The molecule has 0 aromatic heterocycles. The van der Waals surface area contributed by atoms with Gasteiger partial charge >= 0.3 is 5.97 Å². The minimum Gasteiger partial charge on any atom is -0.481 e. The average molecular weight is 423 g/mol. The average Bonchev–Trinajstić information content (AvgIpc) is 2.70. The van der Waals surface area contributed by atoms with E-state index in [1.165, 1.54) is 0 Å². The minimum atomic E-state index is -1.82. The standard InChI is InChI=1S/C16H29N3O10/c17-9(16(29)19-8(6-20)1-4-13(25)26)2-3-12(24)18-5-10(22)14(27)15(28)11(23)7-21/h6,8-11,14-15,21-23,27-28H,1-5,7,17H2,(H,18,24)(H,19,29)(H,25,26). The largest absolute Gasteiger partial charge is 0.481 e. The van der Waals surface area contributed by atoms with E-state index in [1.807, 2.05) is 0 Å². The van der Waals surface area contributed by atoms with Crippen molar-refractivity contribution in [2.24, 2.45) is 5.73 Å². The highest BCUT2D eigenvalue weighted by Crippen LogP contribution is 2.05. The molecule has 0 spiro atoms. The number of hydrogen-bond donors (Lipinski definition) is 9. The van der Waals surface area contributed by atoms with Crippen molar-refractivity contribution < 1.29 is 49.8 Å². The van der Waals surface area contributed by atoms with Gasteiger partial charge in [0.25, 0.3) is 0 Å². The van der Waals surface area contributed by atoms with E-state index in [1.54, 1.807) is 0 Å². The molecule has 0 saturated heterocycles. The number of nitrogens with two attached hydrogens (primary N) is 1. The zero-order chi connectivity index (χ0) is 22.6. The molecule has 0 aliphatic carbocycles. The van der Waals surface area contributed by atoms with Gasteiger partial charge in [-0.2, -0.15) is 0 Å². The molecule has 0 aromatic carbocycles. The molecule has 0 aliphatic rings. The minimum absolute atomic E-state index is 0.102. The van der Waals surface area contributed by atoms with Gasteiger partial charge in [-0.1, -0.05) is 0 Å². The van der Waals surface area contributed by atoms with Crippen LogP contribution in [-0.4, -0.2) is 104 Å². The molecule has 0 saturated carbocycles. The Kier molecular flexibility index (Phi) is 12.9. The molecule has 0 heterocycles. The summed E-state index contributed by atoms with van der Waals surface area (Å²) < 4.78 is 0. The normalized spacial score (nSPS) is 17.3. The second kappa shape index (κ2) is 13.9. The Morgan fingerprint density at radius 3 is 2.07 bits per heavy atom. The zero-order valence-corrected chi connectivity index (χ0v) is 15.7. The molecule has 6 unspecified atom stereocenters. The summed E-state index contributed by atoms with van der Waals surface area (Å²) in [5.41, 5.74) is 5.62. The first-order chi connectivity index (χ1) is 13.5. The molecule has 0 aliphatic heterocycles. The van der Waals surface area contributed by atoms with Crippen LogP contribution in [0, 0.1) is 0 Å². The summed E-state index contributed by atoms with van der Waals surface area (Å²) in [4.78, 5) is 45.0. The second-order valence-electron chi connectivity index (χ2n) is 6.43. The summed E-state index contributed by atoms with van der Waals surface area (Å²) in [7, 11) is 0. The van der Waals surface area contributed by atoms with Gasteiger partial charge in [0.15, 0.2) is 0 Å². The van der Waals surface area contributed by atoms with Crippen LogP contribution in [-0.2, 0) is 19.2 Å². The number of rotatable bonds is 15. The van der Waals surface area contributed by atoms with Gasteiger partial charge in [-0.05, 0) is 12.8 Å². The van der Waals surface area contributed by atoms with E-state index in [4.69, 9.17) is 15.9 Å². The first-order valence-electron chi connectivity index (χ1n) is 8.86. The number of carboxylic acid groups (broad SMARTS) is 1. The van der Waals surface area contributed by atoms with Gasteiger partial charge in [-0.15, -0.1) is 0 Å². The number of amides is 2. The third kappa shape index (κ3) is 10.8. The molecule has 0 bridgehead atoms. The number of aliphatic hydroxyl groups is 5. The lowest BCUT2D eigenvalue weighted by Crippen LogP contribution is -2.50. The molecule has 13 heteroatoms. The lowest BCUT2D eigenvalue weighted by molar-refractivity contribution is -0.137. The fourth-order valence-electron chi connectivity index (χ4n) is 2.15. The van der Waals surface area contributed by atoms with Crippen LogP contribution in [0.1, 0.15) is 25.7 Å². The number of aldehydes is 1. The van der Waals surface area contributed by atoms with Crippen LogP contribution in [0.3, 0.4) is 0 Å². The van der Waals surface area contributed by atoms with Gasteiger partial charge in [-0.3, -0.25) is 14.4 Å². The van der Waals surface area contributed by atoms with Gasteiger partial charge in [0.05, 0.1) is 24.8 Å². The highest BCUT2D eigenvalue weighted by molar-refractivity contribution is 5.85. The van der Waals surface area contributed by atoms with Crippen LogP contribution in [0.2, 0.25) is 0 Å². The first-order valence-corrected chi connectivity index (χ1v) is 8.86. The van der Waals surface area contributed by atoms with E-state index < -0.39 is 67.4 Å². The van der Waals surface area contributed by atoms with Crippen molar-refractivity contribution in [3.05, 3.63) is 0 Å². The van der Waals surface area contributed by atoms with Gasteiger partial charge in [0.1, 0.15) is 24.6 Å². The number of carbonyl (C=O) groups is 4. The van der Waals surface area contributed by atoms with Gasteiger partial charge < -0.3 is 51.8 Å². The SMILES string of the molecule is NC(CCC(=O)NCC(O)C(O)C(O)C(O)CO)C(=O)NC(C=O)CCC(=O)O. The van der Waals surface area contributed by atoms with Gasteiger partial charge in [-0.25, -0.2) is 0 Å². The number of aliphatic hydroxyl groups excluding tert-OH is 5. The fraction of sp³-hybridized carbons (Fsp3) is 0.750. The van der Waals surface area contributed by atoms with Gasteiger partial charge in [0.2, 0.25) is 11.8 Å². The van der Waals surface area contributed by atoms with E-state index in [0.29, 0.717) is 6.29 Å². The van der Waals surface area contributed by atoms with Crippen molar-refractivity contribution >= 4 is 24.1 Å². The number of hydrogen-bond acceptors (Lipinski definition) is 10. The maximum atomic E-state index is 11.9. The lowest BCUT2D eigenvalue weighted by Gasteiger charge is -2.25. The summed E-state index contributed by atoms with van der Waals surface area (Å²) in [5, 5.41) is 59.7. The summed E-state index contributed by atoms with van der Waals surface area (Å²) in [6, 6.07) is -2.17. The molecule has 0 fully saturated rings. The molecule has 10 N–H and O–H groups in total. The second-order valence-corrected chi connectivity index (χ2v) is 6.43. The summed E-state index contributed by atoms with van der Waals surface area (Å²) in [5.74, 6) is -2.50. The molecule has 2 amide bonds. The Labute approximate surface area is 166 Å². The van der Waals surface area contributed by atoms with Crippen molar-refractivity contribution in [3.8, 4) is 0 Å². The highest BCUT2D eigenvalue weighted by Gasteiger charge is 2.30. The number of carbonyl (C=O) groups excluding carboxylic acids is 3. The Balaban J connectivity index is 4.30. The maximum absolute atomic E-state index is 11.9. The van der Waals surface area contributed by atoms with Crippen LogP contribution in [0.15, 0.2) is 0 Å². The predicted molar refractivity (Wildman–Crippen MR) is 96.2 cm³/mol. The van der Waals surface area contributed by atoms with Crippen LogP contribution >= 0.6 is 0 Å². The molecule has 13 nitrogen and oxygen atoms in total. The summed E-state index contributed by atoms with van der Waals surface area (Å²) in [6.07, 6.45) is -7.34. The van der Waals surface area contributed by atoms with E-state index in [9.17, 15) is 39.6 Å². The monoisotopic (exact) mass is 423 g/mol. The maximum Gasteiger partial charge on any atom is 0.303 e. The van der Waals surface area contributed by atoms with E-state index in [2.05, 4.69) is 10.6 Å². The quantitative estimate of drug-likeness (QED) is 0.113. The topological polar surface area (TPSA) is 240 Å². The highest BCUT2D eigenvalue weighted by atomic mass is 16.4. The summed E-state index contributed by atoms with van der Waals surface area (Å²) in [6.45, 7) is -1.31. The molecule has 29 heavy (non-hydrogen) atoms. The van der Waals surface area contributed by atoms with E-state index >= 15 is 0 Å². The smallest absolute Gasteiger partial charge is 0.303 e. The number of aliphatic carboxylic acids is 1. The van der Waals surface area contributed by atoms with E-state index in [0.717, 1.165) is 0 Å². The summed E-state index contributed by atoms with van der Waals surface area (Å²) >= 11 is 0. The molecule has 0 aromatic rings. The zero-order valence-electron chi connectivity index (χ0n) is 15.7. The third-order valence-electron chi connectivity index (χ3n) is 4.01. The Morgan fingerprint density at radius 1 is 0.966 bits per heavy atom. The van der Waals surface area contributed by atoms with Crippen molar-refractivity contribution in [1.82, 2.24) is 10.6 Å². The molecule has 168 valence electrons. The number of carboxylic acids is 1. The molecular formula is C16H29N3O10. The van der Waals surface area contributed by atoms with Crippen molar-refractivity contribution in [2.45, 2.75) is 62.2 Å². The van der Waals surface area contributed by atoms with Crippen LogP contribution in [0.4, 0.5) is 0 Å². The molecular weight excluding hydrogens is 394 g/mol. The van der Waals surface area contributed by atoms with Crippen molar-refractivity contribution in [1.29, 1.82) is 0 Å². The molecule has 0 radical (unpaired) electrons. The van der Waals surface area contributed by atoms with Gasteiger partial charge in [0, 0.05) is 19.4 Å². The van der Waals surface area contributed by atoms with E-state index in [-0.39, 0.29) is 25.7 Å². The third-order valence-corrected chi connectivity index (χ3v) is 4.01. The molecule has 0 rings (SSSR count). The van der Waals surface area contributed by atoms with Crippen LogP contribution < -0.4 is 16.4 Å². The Bertz CT molecular complexity index is 547. The van der Waals surface area contributed by atoms with Crippen molar-refractivity contribution in [2.75, 3.05) is 13.2 Å². The first kappa shape index (κ1) is 26.8. The van der Waals surface area contributed by atoms with Crippen LogP contribution in [0.5, 0.6) is 0 Å². The Hall–Kier alpha value is -2.16. The lowest BCUT2D eigenvalue weighted by atomic mass is 10.0. The van der Waals surface area contributed by atoms with Crippen LogP contribution in [0.25, 0.3) is 0 Å². The number of nitrogens with one attached hydrogen (secondary N) is 2. The predicted octanol–water partition coefficient (Wildman–Crippen LogP) is -4.81. The van der Waals surface area contributed by atoms with Crippen molar-refractivity contribution in [3.63, 3.8) is 0 Å². The Morgan fingerprint density at radius 2 is 1.55 bits per heavy atom. The molecule has 6 atom stereocenters.